The molecule has 0 aromatic heterocycles. The molecule has 6 atom stereocenters. The van der Waals surface area contributed by atoms with Crippen molar-refractivity contribution in [3.63, 3.8) is 0 Å². The van der Waals surface area contributed by atoms with Gasteiger partial charge >= 0.3 is 23.9 Å². The molecular formula is C53H92O12. The van der Waals surface area contributed by atoms with E-state index < -0.39 is 67.3 Å². The summed E-state index contributed by atoms with van der Waals surface area (Å²) in [5.74, 6) is -3.14. The summed E-state index contributed by atoms with van der Waals surface area (Å²) in [6, 6.07) is 0. The van der Waals surface area contributed by atoms with Crippen LogP contribution in [0.2, 0.25) is 0 Å². The predicted molar refractivity (Wildman–Crippen MR) is 257 cm³/mol. The molecule has 1 aliphatic heterocycles. The minimum absolute atomic E-state index is 0.0460. The maximum absolute atomic E-state index is 13.0. The molecule has 12 nitrogen and oxygen atoms in total. The number of hydrogen-bond acceptors (Lipinski definition) is 11. The van der Waals surface area contributed by atoms with Crippen molar-refractivity contribution in [1.29, 1.82) is 0 Å². The number of carboxylic acids is 1. The van der Waals surface area contributed by atoms with E-state index in [0.29, 0.717) is 19.3 Å². The molecule has 1 rings (SSSR count). The first-order valence-electron chi connectivity index (χ1n) is 26.0. The Bertz CT molecular complexity index is 1280. The highest BCUT2D eigenvalue weighted by atomic mass is 16.7. The topological polar surface area (TPSA) is 175 Å². The monoisotopic (exact) mass is 921 g/mol. The van der Waals surface area contributed by atoms with Gasteiger partial charge in [-0.2, -0.15) is 0 Å². The van der Waals surface area contributed by atoms with Gasteiger partial charge in [-0.1, -0.05) is 173 Å². The summed E-state index contributed by atoms with van der Waals surface area (Å²) in [5.41, 5.74) is 0. The molecule has 1 fully saturated rings. The number of aliphatic hydroxyl groups excluding tert-OH is 2. The number of ether oxygens (including phenoxy) is 5. The number of esters is 3. The van der Waals surface area contributed by atoms with E-state index in [9.17, 15) is 34.5 Å². The summed E-state index contributed by atoms with van der Waals surface area (Å²) in [5, 5.41) is 31.3. The van der Waals surface area contributed by atoms with E-state index in [-0.39, 0.29) is 25.9 Å². The molecule has 0 aliphatic carbocycles. The molecule has 12 heteroatoms. The lowest BCUT2D eigenvalue weighted by atomic mass is 9.98. The van der Waals surface area contributed by atoms with Crippen LogP contribution in [0.5, 0.6) is 0 Å². The highest BCUT2D eigenvalue weighted by molar-refractivity contribution is 5.74. The fourth-order valence-electron chi connectivity index (χ4n) is 7.61. The first-order valence-corrected chi connectivity index (χ1v) is 26.0. The number of carbonyl (C=O) groups excluding carboxylic acids is 3. The minimum atomic E-state index is -1.90. The number of rotatable bonds is 43. The van der Waals surface area contributed by atoms with Crippen molar-refractivity contribution in [1.82, 2.24) is 0 Å². The molecule has 1 aliphatic rings. The molecule has 3 N–H and O–H groups in total. The van der Waals surface area contributed by atoms with Crippen molar-refractivity contribution in [2.75, 3.05) is 13.2 Å². The molecule has 0 bridgehead atoms. The Morgan fingerprint density at radius 2 is 0.938 bits per heavy atom. The summed E-state index contributed by atoms with van der Waals surface area (Å²) in [6.07, 6.45) is 34.3. The molecule has 65 heavy (non-hydrogen) atoms. The number of hydrogen-bond donors (Lipinski definition) is 3. The third-order valence-corrected chi connectivity index (χ3v) is 11.7. The largest absolute Gasteiger partial charge is 0.479 e. The predicted octanol–water partition coefficient (Wildman–Crippen LogP) is 12.1. The molecule has 0 amide bonds. The van der Waals surface area contributed by atoms with Gasteiger partial charge in [-0.25, -0.2) is 4.79 Å². The van der Waals surface area contributed by atoms with Crippen molar-refractivity contribution >= 4 is 23.9 Å². The Kier molecular flexibility index (Phi) is 39.0. The van der Waals surface area contributed by atoms with Crippen LogP contribution >= 0.6 is 0 Å². The van der Waals surface area contributed by atoms with Gasteiger partial charge in [0.2, 0.25) is 0 Å². The van der Waals surface area contributed by atoms with Gasteiger partial charge in [-0.05, 0) is 70.6 Å². The molecule has 0 aromatic carbocycles. The average molecular weight is 921 g/mol. The molecular weight excluding hydrogens is 829 g/mol. The van der Waals surface area contributed by atoms with Crippen molar-refractivity contribution in [3.05, 3.63) is 36.5 Å². The van der Waals surface area contributed by atoms with Gasteiger partial charge in [0.1, 0.15) is 18.8 Å². The second kappa shape index (κ2) is 42.3. The van der Waals surface area contributed by atoms with Crippen LogP contribution < -0.4 is 0 Å². The quantitative estimate of drug-likeness (QED) is 0.0229. The number of carbonyl (C=O) groups is 4. The lowest BCUT2D eigenvalue weighted by molar-refractivity contribution is -0.301. The highest BCUT2D eigenvalue weighted by Gasteiger charge is 2.50. The van der Waals surface area contributed by atoms with Crippen LogP contribution in [0.15, 0.2) is 36.5 Å². The van der Waals surface area contributed by atoms with E-state index in [1.54, 1.807) is 0 Å². The van der Waals surface area contributed by atoms with Gasteiger partial charge in [-0.3, -0.25) is 14.4 Å². The third-order valence-electron chi connectivity index (χ3n) is 11.7. The molecule has 0 radical (unpaired) electrons. The molecule has 1 heterocycles. The Labute approximate surface area is 393 Å². The van der Waals surface area contributed by atoms with Crippen LogP contribution in [0.3, 0.4) is 0 Å². The Morgan fingerprint density at radius 1 is 0.508 bits per heavy atom. The number of aliphatic hydroxyl groups is 2. The van der Waals surface area contributed by atoms with Gasteiger partial charge in [0.25, 0.3) is 0 Å². The summed E-state index contributed by atoms with van der Waals surface area (Å²) in [6.45, 7) is 5.86. The SMILES string of the molecule is CCCC/C=C\CCCCCCCC(=O)OCC(COC1OC(C(=O)O)C(O)C(O)C1OC(=O)CCCCCCC/C=C\C/C=C\CCCCC)OC(=O)CCCCCCCCCCC. The van der Waals surface area contributed by atoms with E-state index >= 15 is 0 Å². The van der Waals surface area contributed by atoms with Crippen LogP contribution in [-0.4, -0.2) is 89.2 Å². The van der Waals surface area contributed by atoms with E-state index in [1.807, 2.05) is 0 Å². The van der Waals surface area contributed by atoms with E-state index in [2.05, 4.69) is 57.2 Å². The second-order valence-corrected chi connectivity index (χ2v) is 17.8. The highest BCUT2D eigenvalue weighted by Crippen LogP contribution is 2.26. The van der Waals surface area contributed by atoms with Crippen LogP contribution in [0.25, 0.3) is 0 Å². The van der Waals surface area contributed by atoms with Gasteiger partial charge < -0.3 is 39.0 Å². The molecule has 0 spiro atoms. The fraction of sp³-hybridized carbons (Fsp3) is 0.811. The zero-order valence-corrected chi connectivity index (χ0v) is 41.0. The van der Waals surface area contributed by atoms with Gasteiger partial charge in [0.05, 0.1) is 6.61 Å². The molecule has 1 saturated heterocycles. The van der Waals surface area contributed by atoms with Crippen LogP contribution in [-0.2, 0) is 42.9 Å². The zero-order valence-electron chi connectivity index (χ0n) is 41.0. The van der Waals surface area contributed by atoms with E-state index in [4.69, 9.17) is 23.7 Å². The third kappa shape index (κ3) is 33.1. The van der Waals surface area contributed by atoms with Gasteiger partial charge in [-0.15, -0.1) is 0 Å². The lowest BCUT2D eigenvalue weighted by Gasteiger charge is -2.40. The Morgan fingerprint density at radius 3 is 1.48 bits per heavy atom. The summed E-state index contributed by atoms with van der Waals surface area (Å²) >= 11 is 0. The van der Waals surface area contributed by atoms with Crippen molar-refractivity contribution in [2.24, 2.45) is 0 Å². The lowest BCUT2D eigenvalue weighted by Crippen LogP contribution is -2.61. The minimum Gasteiger partial charge on any atom is -0.479 e. The maximum atomic E-state index is 13.0. The second-order valence-electron chi connectivity index (χ2n) is 17.8. The molecule has 6 unspecified atom stereocenters. The van der Waals surface area contributed by atoms with Gasteiger partial charge in [0, 0.05) is 19.3 Å². The first-order chi connectivity index (χ1) is 31.6. The molecule has 376 valence electrons. The first kappa shape index (κ1) is 60.0. The van der Waals surface area contributed by atoms with Crippen LogP contribution in [0.4, 0.5) is 0 Å². The summed E-state index contributed by atoms with van der Waals surface area (Å²) in [4.78, 5) is 50.7. The van der Waals surface area contributed by atoms with E-state index in [1.165, 1.54) is 64.2 Å². The van der Waals surface area contributed by atoms with Crippen molar-refractivity contribution in [2.45, 2.75) is 263 Å². The van der Waals surface area contributed by atoms with Crippen molar-refractivity contribution in [3.8, 4) is 0 Å². The number of unbranched alkanes of at least 4 members (excludes halogenated alkanes) is 23. The van der Waals surface area contributed by atoms with Crippen LogP contribution in [0, 0.1) is 0 Å². The van der Waals surface area contributed by atoms with E-state index in [0.717, 1.165) is 103 Å². The zero-order chi connectivity index (χ0) is 47.6. The molecule has 0 aromatic rings. The maximum Gasteiger partial charge on any atom is 0.335 e. The number of allylic oxidation sites excluding steroid dienone is 6. The fourth-order valence-corrected chi connectivity index (χ4v) is 7.61. The Balaban J connectivity index is 2.72. The smallest absolute Gasteiger partial charge is 0.335 e. The average Bonchev–Trinajstić information content (AvgIpc) is 3.29. The number of aliphatic carboxylic acids is 1. The summed E-state index contributed by atoms with van der Waals surface area (Å²) < 4.78 is 28.2. The Hall–Kier alpha value is -3.06. The standard InChI is InChI=1S/C53H92O12/c1-4-7-10-13-16-19-21-22-23-24-26-29-32-35-38-41-47(56)64-51-49(58)48(57)50(52(59)60)65-53(51)62-43-44(63-46(55)40-37-34-31-27-18-15-12-9-6-3)42-61-45(54)39-36-33-30-28-25-20-17-14-11-8-5-2/h14,16-17,19,22-23,44,48-51,53,57-58H,4-13,15,18,20-21,24-43H2,1-3H3,(H,59,60)/b17-14-,19-16-,23-22-. The molecule has 0 saturated carbocycles. The summed E-state index contributed by atoms with van der Waals surface area (Å²) in [7, 11) is 0. The normalized spacial score (nSPS) is 19.3. The van der Waals surface area contributed by atoms with Crippen molar-refractivity contribution < 1.29 is 58.2 Å². The number of carboxylic acid groups (broad SMARTS) is 1. The van der Waals surface area contributed by atoms with Crippen LogP contribution in [0.1, 0.15) is 226 Å². The van der Waals surface area contributed by atoms with Gasteiger partial charge in [0.15, 0.2) is 24.6 Å².